The average molecular weight is 494 g/mol. The molecule has 2 saturated heterocycles. The third-order valence-corrected chi connectivity index (χ3v) is 8.07. The zero-order valence-electron chi connectivity index (χ0n) is 19.6. The Kier molecular flexibility index (Phi) is 5.56. The molecule has 0 saturated carbocycles. The van der Waals surface area contributed by atoms with Crippen LogP contribution in [0.25, 0.3) is 11.1 Å². The molecule has 2 atom stereocenters. The second-order valence-corrected chi connectivity index (χ2v) is 10.1. The fourth-order valence-electron chi connectivity index (χ4n) is 6.49. The Balaban J connectivity index is 1.22. The number of ether oxygens (including phenoxy) is 1. The first-order chi connectivity index (χ1) is 17.4. The smallest absolute Gasteiger partial charge is 0.410 e. The predicted molar refractivity (Wildman–Crippen MR) is 128 cm³/mol. The molecule has 1 amide bonds. The Labute approximate surface area is 207 Å². The molecule has 1 aliphatic carbocycles. The summed E-state index contributed by atoms with van der Waals surface area (Å²) < 4.78 is 47.8. The second kappa shape index (κ2) is 8.66. The van der Waals surface area contributed by atoms with E-state index in [1.54, 1.807) is 4.90 Å². The van der Waals surface area contributed by atoms with Crippen LogP contribution >= 0.6 is 0 Å². The van der Waals surface area contributed by atoms with Crippen LogP contribution in [-0.2, 0) is 10.3 Å². The van der Waals surface area contributed by atoms with Crippen molar-refractivity contribution in [1.29, 1.82) is 0 Å². The van der Waals surface area contributed by atoms with Crippen molar-refractivity contribution in [3.05, 3.63) is 94.8 Å². The summed E-state index contributed by atoms with van der Waals surface area (Å²) in [5.41, 5.74) is 2.58. The van der Waals surface area contributed by atoms with E-state index in [4.69, 9.17) is 4.74 Å². The van der Waals surface area contributed by atoms with E-state index < -0.39 is 29.1 Å². The third kappa shape index (κ3) is 3.68. The van der Waals surface area contributed by atoms with Crippen LogP contribution in [0.2, 0.25) is 0 Å². The van der Waals surface area contributed by atoms with Gasteiger partial charge >= 0.3 is 6.09 Å². The molecule has 6 rings (SSSR count). The lowest BCUT2D eigenvalue weighted by Crippen LogP contribution is -2.59. The minimum atomic E-state index is -1.69. The van der Waals surface area contributed by atoms with Crippen LogP contribution in [0.15, 0.2) is 60.7 Å². The molecule has 2 bridgehead atoms. The summed E-state index contributed by atoms with van der Waals surface area (Å²) in [7, 11) is 0. The van der Waals surface area contributed by atoms with Crippen molar-refractivity contribution in [1.82, 2.24) is 4.90 Å². The molecular formula is C29H26F3NO3. The molecule has 2 fully saturated rings. The highest BCUT2D eigenvalue weighted by Crippen LogP contribution is 2.47. The molecule has 3 aromatic carbocycles. The lowest BCUT2D eigenvalue weighted by Gasteiger charge is -2.51. The molecule has 0 radical (unpaired) electrons. The number of hydrogen-bond donors (Lipinski definition) is 1. The van der Waals surface area contributed by atoms with Crippen molar-refractivity contribution in [3.8, 4) is 11.1 Å². The van der Waals surface area contributed by atoms with Crippen molar-refractivity contribution in [2.75, 3.05) is 6.61 Å². The first kappa shape index (κ1) is 23.1. The van der Waals surface area contributed by atoms with Gasteiger partial charge in [0, 0.05) is 42.5 Å². The molecule has 0 spiro atoms. The van der Waals surface area contributed by atoms with Crippen LogP contribution in [0.4, 0.5) is 18.0 Å². The van der Waals surface area contributed by atoms with Crippen LogP contribution in [-0.4, -0.2) is 34.8 Å². The van der Waals surface area contributed by atoms with Crippen molar-refractivity contribution in [3.63, 3.8) is 0 Å². The Hall–Kier alpha value is -3.32. The molecule has 2 heterocycles. The lowest BCUT2D eigenvalue weighted by atomic mass is 9.72. The Morgan fingerprint density at radius 3 is 2.06 bits per heavy atom. The molecule has 186 valence electrons. The standard InChI is InChI=1S/C29H26F3NO3/c30-25-13-27(32)26(31)12-24(25)29(35)14-17-6-5-7-18(15-29)33(17)28(34)36-16-23-21-10-3-1-8-19(21)20-9-2-4-11-22(20)23/h1-4,8-13,17-18,23,35H,5-7,14-16H2. The van der Waals surface area contributed by atoms with E-state index in [-0.39, 0.29) is 43.0 Å². The summed E-state index contributed by atoms with van der Waals surface area (Å²) in [4.78, 5) is 15.0. The molecule has 7 heteroatoms. The molecule has 0 aromatic heterocycles. The van der Waals surface area contributed by atoms with Crippen molar-refractivity contribution >= 4 is 6.09 Å². The molecular weight excluding hydrogens is 467 g/mol. The van der Waals surface area contributed by atoms with E-state index >= 15 is 0 Å². The average Bonchev–Trinajstić information content (AvgIpc) is 3.18. The van der Waals surface area contributed by atoms with Gasteiger partial charge in [0.1, 0.15) is 12.4 Å². The summed E-state index contributed by atoms with van der Waals surface area (Å²) in [6.07, 6.45) is 1.71. The van der Waals surface area contributed by atoms with Crippen LogP contribution in [0.5, 0.6) is 0 Å². The number of hydrogen-bond acceptors (Lipinski definition) is 3. The molecule has 36 heavy (non-hydrogen) atoms. The topological polar surface area (TPSA) is 49.8 Å². The lowest BCUT2D eigenvalue weighted by molar-refractivity contribution is -0.0908. The first-order valence-electron chi connectivity index (χ1n) is 12.4. The van der Waals surface area contributed by atoms with Gasteiger partial charge < -0.3 is 14.7 Å². The highest BCUT2D eigenvalue weighted by molar-refractivity contribution is 5.79. The summed E-state index contributed by atoms with van der Waals surface area (Å²) in [5.74, 6) is -3.55. The number of amides is 1. The summed E-state index contributed by atoms with van der Waals surface area (Å²) >= 11 is 0. The van der Waals surface area contributed by atoms with Crippen molar-refractivity contribution in [2.45, 2.75) is 55.7 Å². The highest BCUT2D eigenvalue weighted by atomic mass is 19.2. The van der Waals surface area contributed by atoms with E-state index in [1.807, 2.05) is 24.3 Å². The number of benzene rings is 3. The molecule has 1 N–H and O–H groups in total. The van der Waals surface area contributed by atoms with E-state index in [9.17, 15) is 23.1 Å². The predicted octanol–water partition coefficient (Wildman–Crippen LogP) is 6.26. The van der Waals surface area contributed by atoms with Gasteiger partial charge in [0.15, 0.2) is 11.6 Å². The van der Waals surface area contributed by atoms with Gasteiger partial charge in [0.2, 0.25) is 0 Å². The van der Waals surface area contributed by atoms with Crippen LogP contribution in [0, 0.1) is 17.5 Å². The SMILES string of the molecule is O=C(OCC1c2ccccc2-c2ccccc21)N1C2CCCC1CC(O)(c1cc(F)c(F)cc1F)C2. The summed E-state index contributed by atoms with van der Waals surface area (Å²) in [6, 6.07) is 16.6. The molecule has 3 aromatic rings. The number of nitrogens with zero attached hydrogens (tertiary/aromatic N) is 1. The minimum Gasteiger partial charge on any atom is -0.448 e. The number of carbonyl (C=O) groups is 1. The quantitative estimate of drug-likeness (QED) is 0.439. The zero-order valence-corrected chi connectivity index (χ0v) is 19.6. The van der Waals surface area contributed by atoms with Gasteiger partial charge in [-0.05, 0) is 47.6 Å². The number of halogens is 3. The van der Waals surface area contributed by atoms with Crippen molar-refractivity contribution < 1.29 is 27.8 Å². The maximum absolute atomic E-state index is 14.6. The van der Waals surface area contributed by atoms with Crippen LogP contribution in [0.1, 0.15) is 54.7 Å². The minimum absolute atomic E-state index is 0.0374. The molecule has 4 nitrogen and oxygen atoms in total. The number of piperidine rings is 2. The number of carbonyl (C=O) groups excluding carboxylic acids is 1. The fourth-order valence-corrected chi connectivity index (χ4v) is 6.49. The van der Waals surface area contributed by atoms with Gasteiger partial charge in [-0.15, -0.1) is 0 Å². The van der Waals surface area contributed by atoms with E-state index in [0.717, 1.165) is 34.7 Å². The highest BCUT2D eigenvalue weighted by Gasteiger charge is 2.50. The number of fused-ring (bicyclic) bond motifs is 5. The first-order valence-corrected chi connectivity index (χ1v) is 12.4. The maximum atomic E-state index is 14.6. The molecule has 2 aliphatic heterocycles. The van der Waals surface area contributed by atoms with Gasteiger partial charge in [0.25, 0.3) is 0 Å². The van der Waals surface area contributed by atoms with Gasteiger partial charge in [-0.3, -0.25) is 0 Å². The van der Waals surface area contributed by atoms with E-state index in [0.29, 0.717) is 18.9 Å². The van der Waals surface area contributed by atoms with Crippen LogP contribution in [0.3, 0.4) is 0 Å². The molecule has 3 aliphatic rings. The number of rotatable bonds is 3. The van der Waals surface area contributed by atoms with Gasteiger partial charge in [0.05, 0.1) is 5.60 Å². The molecule has 2 unspecified atom stereocenters. The fraction of sp³-hybridized carbons (Fsp3) is 0.345. The maximum Gasteiger partial charge on any atom is 0.410 e. The zero-order chi connectivity index (χ0) is 25.0. The van der Waals surface area contributed by atoms with Gasteiger partial charge in [-0.2, -0.15) is 0 Å². The van der Waals surface area contributed by atoms with E-state index in [2.05, 4.69) is 24.3 Å². The monoisotopic (exact) mass is 493 g/mol. The third-order valence-electron chi connectivity index (χ3n) is 8.07. The van der Waals surface area contributed by atoms with Gasteiger partial charge in [-0.1, -0.05) is 48.5 Å². The van der Waals surface area contributed by atoms with Crippen molar-refractivity contribution in [2.24, 2.45) is 0 Å². The Bertz CT molecular complexity index is 1280. The summed E-state index contributed by atoms with van der Waals surface area (Å²) in [5, 5.41) is 11.4. The van der Waals surface area contributed by atoms with Gasteiger partial charge in [-0.25, -0.2) is 18.0 Å². The number of aliphatic hydroxyl groups is 1. The van der Waals surface area contributed by atoms with Crippen LogP contribution < -0.4 is 0 Å². The Morgan fingerprint density at radius 2 is 1.44 bits per heavy atom. The summed E-state index contributed by atoms with van der Waals surface area (Å²) in [6.45, 7) is 0.185. The normalized spacial score (nSPS) is 24.8. The second-order valence-electron chi connectivity index (χ2n) is 10.1. The largest absolute Gasteiger partial charge is 0.448 e. The van der Waals surface area contributed by atoms with E-state index in [1.165, 1.54) is 0 Å². The Morgan fingerprint density at radius 1 is 0.889 bits per heavy atom.